The van der Waals surface area contributed by atoms with Gasteiger partial charge in [0.05, 0.1) is 38.8 Å². The molecule has 0 unspecified atom stereocenters. The van der Waals surface area contributed by atoms with Gasteiger partial charge >= 0.3 is 5.97 Å². The van der Waals surface area contributed by atoms with Crippen molar-refractivity contribution in [3.8, 4) is 22.9 Å². The number of aryl methyl sites for hydroxylation is 2. The number of aromatic nitrogens is 3. The van der Waals surface area contributed by atoms with E-state index < -0.39 is 5.97 Å². The summed E-state index contributed by atoms with van der Waals surface area (Å²) >= 11 is 14.2. The molecular weight excluding hydrogens is 583 g/mol. The number of thiophene rings is 1. The van der Waals surface area contributed by atoms with Gasteiger partial charge in [-0.05, 0) is 68.5 Å². The number of pyridine rings is 1. The molecule has 2 aromatic carbocycles. The van der Waals surface area contributed by atoms with E-state index in [0.29, 0.717) is 54.2 Å². The first kappa shape index (κ1) is 27.2. The molecule has 0 bridgehead atoms. The predicted molar refractivity (Wildman–Crippen MR) is 160 cm³/mol. The van der Waals surface area contributed by atoms with Crippen LogP contribution in [0.25, 0.3) is 32.2 Å². The van der Waals surface area contributed by atoms with Gasteiger partial charge in [-0.3, -0.25) is 14.3 Å². The molecule has 1 aliphatic carbocycles. The van der Waals surface area contributed by atoms with E-state index in [1.807, 2.05) is 6.07 Å². The van der Waals surface area contributed by atoms with E-state index in [1.165, 1.54) is 15.9 Å². The lowest BCUT2D eigenvalue weighted by Crippen LogP contribution is -2.27. The highest BCUT2D eigenvalue weighted by Gasteiger charge is 2.31. The minimum atomic E-state index is -1.04. The molecule has 206 valence electrons. The topological polar surface area (TPSA) is 118 Å². The van der Waals surface area contributed by atoms with E-state index in [4.69, 9.17) is 27.9 Å². The standard InChI is InChI=1S/C30H22Cl2N4O4S/c1-14-9-19(28-27(34-14)21(13-41-28)30(38)39)18-10-17(31)5-6-24(18)40-8-7-36-15(2)35-23-11-22(32)25(16-3-4-16)20(12-33)26(23)29(36)37/h5-6,9-11,13,16H,3-4,7-8H2,1-2H3,(H,38,39). The number of nitriles is 1. The van der Waals surface area contributed by atoms with Crippen LogP contribution in [0.15, 0.2) is 40.5 Å². The number of carboxylic acids is 1. The molecule has 0 atom stereocenters. The summed E-state index contributed by atoms with van der Waals surface area (Å²) in [6.07, 6.45) is 1.88. The smallest absolute Gasteiger partial charge is 0.338 e. The van der Waals surface area contributed by atoms with Crippen molar-refractivity contribution in [1.82, 2.24) is 14.5 Å². The maximum atomic E-state index is 13.7. The molecule has 1 saturated carbocycles. The van der Waals surface area contributed by atoms with E-state index >= 15 is 0 Å². The Morgan fingerprint density at radius 2 is 1.98 bits per heavy atom. The van der Waals surface area contributed by atoms with Gasteiger partial charge in [-0.15, -0.1) is 11.3 Å². The van der Waals surface area contributed by atoms with E-state index in [-0.39, 0.29) is 35.6 Å². The number of fused-ring (bicyclic) bond motifs is 2. The second-order valence-electron chi connectivity index (χ2n) is 9.98. The Kier molecular flexibility index (Phi) is 6.94. The lowest BCUT2D eigenvalue weighted by Gasteiger charge is -2.16. The molecule has 1 N–H and O–H groups in total. The minimum absolute atomic E-state index is 0.131. The third-order valence-corrected chi connectivity index (χ3v) is 8.76. The molecule has 0 radical (unpaired) electrons. The van der Waals surface area contributed by atoms with Crippen LogP contribution in [0.2, 0.25) is 10.0 Å². The number of hydrogen-bond donors (Lipinski definition) is 1. The van der Waals surface area contributed by atoms with Crippen LogP contribution in [-0.4, -0.2) is 32.2 Å². The van der Waals surface area contributed by atoms with Crippen LogP contribution in [0.3, 0.4) is 0 Å². The first-order chi connectivity index (χ1) is 19.7. The van der Waals surface area contributed by atoms with Crippen LogP contribution < -0.4 is 10.3 Å². The molecule has 0 aliphatic heterocycles. The first-order valence-electron chi connectivity index (χ1n) is 12.9. The molecule has 0 spiro atoms. The predicted octanol–water partition coefficient (Wildman–Crippen LogP) is 7.12. The van der Waals surface area contributed by atoms with Crippen LogP contribution in [0.1, 0.15) is 51.8 Å². The Bertz CT molecular complexity index is 2010. The van der Waals surface area contributed by atoms with Gasteiger partial charge in [-0.1, -0.05) is 23.2 Å². The van der Waals surface area contributed by atoms with Crippen molar-refractivity contribution in [3.05, 3.63) is 84.3 Å². The zero-order valence-corrected chi connectivity index (χ0v) is 24.3. The maximum absolute atomic E-state index is 13.7. The van der Waals surface area contributed by atoms with E-state index in [0.717, 1.165) is 24.0 Å². The number of benzene rings is 2. The largest absolute Gasteiger partial charge is 0.491 e. The van der Waals surface area contributed by atoms with Gasteiger partial charge in [0.2, 0.25) is 0 Å². The Morgan fingerprint density at radius 3 is 2.68 bits per heavy atom. The summed E-state index contributed by atoms with van der Waals surface area (Å²) in [6.45, 7) is 3.85. The van der Waals surface area contributed by atoms with Gasteiger partial charge in [-0.2, -0.15) is 5.26 Å². The number of nitrogens with zero attached hydrogens (tertiary/aromatic N) is 4. The number of hydrogen-bond acceptors (Lipinski definition) is 7. The molecule has 1 aliphatic rings. The Morgan fingerprint density at radius 1 is 1.20 bits per heavy atom. The van der Waals surface area contributed by atoms with E-state index in [1.54, 1.807) is 43.5 Å². The third-order valence-electron chi connectivity index (χ3n) is 7.21. The third kappa shape index (κ3) is 4.82. The lowest BCUT2D eigenvalue weighted by molar-refractivity contribution is 0.0699. The number of rotatable bonds is 7. The second-order valence-corrected chi connectivity index (χ2v) is 11.7. The second kappa shape index (κ2) is 10.5. The number of carboxylic acid groups (broad SMARTS) is 1. The molecular formula is C30H22Cl2N4O4S. The number of halogens is 2. The summed E-state index contributed by atoms with van der Waals surface area (Å²) in [4.78, 5) is 34.5. The van der Waals surface area contributed by atoms with E-state index in [9.17, 15) is 20.0 Å². The quantitative estimate of drug-likeness (QED) is 0.210. The zero-order chi connectivity index (χ0) is 29.0. The molecule has 5 aromatic rings. The van der Waals surface area contributed by atoms with Crippen LogP contribution in [-0.2, 0) is 6.54 Å². The Balaban J connectivity index is 1.36. The Hall–Kier alpha value is -3.97. The molecule has 6 rings (SSSR count). The van der Waals surface area contributed by atoms with Gasteiger partial charge in [0, 0.05) is 32.2 Å². The highest BCUT2D eigenvalue weighted by atomic mass is 35.5. The van der Waals surface area contributed by atoms with Crippen molar-refractivity contribution in [3.63, 3.8) is 0 Å². The lowest BCUT2D eigenvalue weighted by atomic mass is 9.99. The van der Waals surface area contributed by atoms with Crippen LogP contribution in [0.4, 0.5) is 0 Å². The zero-order valence-electron chi connectivity index (χ0n) is 22.0. The fraction of sp³-hybridized carbons (Fsp3) is 0.233. The number of aromatic carboxylic acids is 1. The van der Waals surface area contributed by atoms with Crippen molar-refractivity contribution in [2.45, 2.75) is 39.2 Å². The van der Waals surface area contributed by atoms with Gasteiger partial charge < -0.3 is 9.84 Å². The summed E-state index contributed by atoms with van der Waals surface area (Å²) in [5, 5.41) is 22.4. The molecule has 3 aromatic heterocycles. The molecule has 1 fully saturated rings. The first-order valence-corrected chi connectivity index (χ1v) is 14.5. The van der Waals surface area contributed by atoms with Gasteiger partial charge in [0.1, 0.15) is 24.3 Å². The SMILES string of the molecule is Cc1cc(-c2cc(Cl)ccc2OCCn2c(C)nc3cc(Cl)c(C4CC4)c(C#N)c3c2=O)c2scc(C(=O)O)c2n1. The Labute approximate surface area is 248 Å². The van der Waals surface area contributed by atoms with Crippen molar-refractivity contribution < 1.29 is 14.6 Å². The molecule has 3 heterocycles. The minimum Gasteiger partial charge on any atom is -0.491 e. The monoisotopic (exact) mass is 604 g/mol. The average molecular weight is 606 g/mol. The molecule has 0 saturated heterocycles. The summed E-state index contributed by atoms with van der Waals surface area (Å²) in [5.74, 6) is 0.152. The summed E-state index contributed by atoms with van der Waals surface area (Å²) in [6, 6.07) is 11.0. The van der Waals surface area contributed by atoms with Gasteiger partial charge in [0.15, 0.2) is 0 Å². The van der Waals surface area contributed by atoms with Gasteiger partial charge in [-0.25, -0.2) is 9.78 Å². The van der Waals surface area contributed by atoms with Crippen molar-refractivity contribution >= 4 is 61.6 Å². The maximum Gasteiger partial charge on any atom is 0.338 e. The molecule has 8 nitrogen and oxygen atoms in total. The molecule has 41 heavy (non-hydrogen) atoms. The summed E-state index contributed by atoms with van der Waals surface area (Å²) in [7, 11) is 0. The normalized spacial score (nSPS) is 13.0. The summed E-state index contributed by atoms with van der Waals surface area (Å²) in [5.41, 5.74) is 3.77. The molecule has 0 amide bonds. The highest BCUT2D eigenvalue weighted by Crippen LogP contribution is 2.46. The molecule has 11 heteroatoms. The number of ether oxygens (including phenoxy) is 1. The highest BCUT2D eigenvalue weighted by molar-refractivity contribution is 7.18. The fourth-order valence-corrected chi connectivity index (χ4v) is 6.73. The van der Waals surface area contributed by atoms with Crippen LogP contribution in [0, 0.1) is 25.2 Å². The van der Waals surface area contributed by atoms with Crippen molar-refractivity contribution in [2.75, 3.05) is 6.61 Å². The van der Waals surface area contributed by atoms with Gasteiger partial charge in [0.25, 0.3) is 5.56 Å². The van der Waals surface area contributed by atoms with E-state index in [2.05, 4.69) is 16.0 Å². The number of carbonyl (C=O) groups is 1. The van der Waals surface area contributed by atoms with Crippen molar-refractivity contribution in [2.24, 2.45) is 0 Å². The van der Waals surface area contributed by atoms with Crippen LogP contribution >= 0.6 is 34.5 Å². The summed E-state index contributed by atoms with van der Waals surface area (Å²) < 4.78 is 8.42. The van der Waals surface area contributed by atoms with Crippen LogP contribution in [0.5, 0.6) is 5.75 Å². The van der Waals surface area contributed by atoms with Crippen molar-refractivity contribution in [1.29, 1.82) is 5.26 Å². The fourth-order valence-electron chi connectivity index (χ4n) is 5.20. The average Bonchev–Trinajstić information content (AvgIpc) is 3.67.